The van der Waals surface area contributed by atoms with Gasteiger partial charge in [-0.05, 0) is 54.8 Å². The fraction of sp³-hybridized carbons (Fsp3) is 0.304. The van der Waals surface area contributed by atoms with E-state index in [9.17, 15) is 22.8 Å². The SMILES string of the molecule is CN1C(=O)/C(=C/c2ccc(C(F)(F)F)cc2)Sc2ccc(C(=O)NC3CCCC3)cc21. The molecule has 0 atom stereocenters. The summed E-state index contributed by atoms with van der Waals surface area (Å²) in [4.78, 5) is 28.1. The second-order valence-corrected chi connectivity index (χ2v) is 8.82. The standard InChI is InChI=1S/C23H21F3N2O2S/c1-28-18-13-15(21(29)27-17-4-2-3-5-17)8-11-19(18)31-20(22(28)30)12-14-6-9-16(10-7-14)23(24,25)26/h6-13,17H,2-5H2,1H3,(H,27,29)/b20-12-. The van der Waals surface area contributed by atoms with Gasteiger partial charge in [-0.3, -0.25) is 9.59 Å². The van der Waals surface area contributed by atoms with Crippen LogP contribution in [0.1, 0.15) is 47.2 Å². The number of nitrogens with one attached hydrogen (secondary N) is 1. The Kier molecular flexibility index (Phi) is 5.83. The zero-order valence-electron chi connectivity index (χ0n) is 16.8. The zero-order valence-corrected chi connectivity index (χ0v) is 17.6. The molecule has 8 heteroatoms. The molecule has 1 fully saturated rings. The van der Waals surface area contributed by atoms with Crippen LogP contribution in [0, 0.1) is 0 Å². The Morgan fingerprint density at radius 1 is 1.13 bits per heavy atom. The van der Waals surface area contributed by atoms with Crippen LogP contribution in [0.3, 0.4) is 0 Å². The molecule has 0 aromatic heterocycles. The number of hydrogen-bond acceptors (Lipinski definition) is 3. The first-order chi connectivity index (χ1) is 14.7. The Labute approximate surface area is 182 Å². The van der Waals surface area contributed by atoms with Crippen LogP contribution in [-0.4, -0.2) is 24.9 Å². The summed E-state index contributed by atoms with van der Waals surface area (Å²) in [7, 11) is 1.63. The topological polar surface area (TPSA) is 49.4 Å². The number of alkyl halides is 3. The van der Waals surface area contributed by atoms with Crippen LogP contribution in [-0.2, 0) is 11.0 Å². The van der Waals surface area contributed by atoms with Crippen LogP contribution in [0.4, 0.5) is 18.9 Å². The van der Waals surface area contributed by atoms with Gasteiger partial charge in [-0.2, -0.15) is 13.2 Å². The lowest BCUT2D eigenvalue weighted by atomic mass is 10.1. The van der Waals surface area contributed by atoms with Gasteiger partial charge in [0, 0.05) is 23.5 Å². The van der Waals surface area contributed by atoms with Gasteiger partial charge in [0.1, 0.15) is 0 Å². The molecule has 1 aliphatic heterocycles. The van der Waals surface area contributed by atoms with E-state index >= 15 is 0 Å². The molecule has 1 N–H and O–H groups in total. The highest BCUT2D eigenvalue weighted by Gasteiger charge is 2.30. The molecule has 0 radical (unpaired) electrons. The highest BCUT2D eigenvalue weighted by Crippen LogP contribution is 2.42. The van der Waals surface area contributed by atoms with Gasteiger partial charge in [0.15, 0.2) is 0 Å². The summed E-state index contributed by atoms with van der Waals surface area (Å²) in [5.74, 6) is -0.419. The van der Waals surface area contributed by atoms with Crippen molar-refractivity contribution in [3.8, 4) is 0 Å². The number of nitrogens with zero attached hydrogens (tertiary/aromatic N) is 1. The van der Waals surface area contributed by atoms with E-state index in [0.717, 1.165) is 42.7 Å². The first-order valence-electron chi connectivity index (χ1n) is 10.0. The van der Waals surface area contributed by atoms with Gasteiger partial charge in [0.05, 0.1) is 16.2 Å². The molecule has 2 aromatic carbocycles. The van der Waals surface area contributed by atoms with Gasteiger partial charge in [0.2, 0.25) is 0 Å². The van der Waals surface area contributed by atoms with E-state index in [0.29, 0.717) is 21.7 Å². The van der Waals surface area contributed by atoms with E-state index in [2.05, 4.69) is 5.32 Å². The van der Waals surface area contributed by atoms with Crippen LogP contribution >= 0.6 is 11.8 Å². The number of anilines is 1. The highest BCUT2D eigenvalue weighted by atomic mass is 32.2. The Morgan fingerprint density at radius 3 is 2.45 bits per heavy atom. The maximum atomic E-state index is 12.8. The molecule has 1 heterocycles. The number of rotatable bonds is 3. The average Bonchev–Trinajstić information content (AvgIpc) is 3.24. The molecule has 2 amide bonds. The molecule has 2 aliphatic rings. The average molecular weight is 446 g/mol. The second-order valence-electron chi connectivity index (χ2n) is 7.73. The van der Waals surface area contributed by atoms with Crippen LogP contribution < -0.4 is 10.2 Å². The third-order valence-electron chi connectivity index (χ3n) is 5.54. The van der Waals surface area contributed by atoms with Crippen molar-refractivity contribution in [1.82, 2.24) is 5.32 Å². The quantitative estimate of drug-likeness (QED) is 0.635. The number of fused-ring (bicyclic) bond motifs is 1. The lowest BCUT2D eigenvalue weighted by Gasteiger charge is -2.27. The summed E-state index contributed by atoms with van der Waals surface area (Å²) in [6.07, 6.45) is 1.40. The van der Waals surface area contributed by atoms with E-state index in [1.165, 1.54) is 28.8 Å². The number of amides is 2. The lowest BCUT2D eigenvalue weighted by molar-refractivity contribution is -0.137. The zero-order chi connectivity index (χ0) is 22.2. The fourth-order valence-electron chi connectivity index (χ4n) is 3.79. The first kappa shape index (κ1) is 21.5. The summed E-state index contributed by atoms with van der Waals surface area (Å²) >= 11 is 1.24. The molecular formula is C23H21F3N2O2S. The van der Waals surface area contributed by atoms with Crippen molar-refractivity contribution >= 4 is 35.3 Å². The van der Waals surface area contributed by atoms with Crippen LogP contribution in [0.5, 0.6) is 0 Å². The third kappa shape index (κ3) is 4.63. The minimum atomic E-state index is -4.40. The third-order valence-corrected chi connectivity index (χ3v) is 6.62. The number of hydrogen-bond donors (Lipinski definition) is 1. The fourth-order valence-corrected chi connectivity index (χ4v) is 4.89. The van der Waals surface area contributed by atoms with Crippen molar-refractivity contribution in [3.05, 3.63) is 64.1 Å². The molecule has 4 nitrogen and oxygen atoms in total. The monoisotopic (exact) mass is 446 g/mol. The van der Waals surface area contributed by atoms with Crippen molar-refractivity contribution in [1.29, 1.82) is 0 Å². The minimum absolute atomic E-state index is 0.147. The van der Waals surface area contributed by atoms with E-state index in [4.69, 9.17) is 0 Å². The van der Waals surface area contributed by atoms with Crippen molar-refractivity contribution < 1.29 is 22.8 Å². The largest absolute Gasteiger partial charge is 0.416 e. The molecule has 0 saturated heterocycles. The normalized spacial score (nSPS) is 18.4. The molecule has 1 saturated carbocycles. The molecule has 162 valence electrons. The van der Waals surface area contributed by atoms with Crippen molar-refractivity contribution in [2.45, 2.75) is 42.8 Å². The Balaban J connectivity index is 1.55. The molecule has 0 unspecified atom stereocenters. The summed E-state index contributed by atoms with van der Waals surface area (Å²) in [6, 6.07) is 10.1. The Morgan fingerprint density at radius 2 is 1.81 bits per heavy atom. The summed E-state index contributed by atoms with van der Waals surface area (Å²) in [6.45, 7) is 0. The maximum absolute atomic E-state index is 12.8. The van der Waals surface area contributed by atoms with Gasteiger partial charge in [0.25, 0.3) is 11.8 Å². The predicted octanol–water partition coefficient (Wildman–Crippen LogP) is 5.49. The number of carbonyl (C=O) groups excluding carboxylic acids is 2. The summed E-state index contributed by atoms with van der Waals surface area (Å²) in [5.41, 5.74) is 0.913. The summed E-state index contributed by atoms with van der Waals surface area (Å²) < 4.78 is 38.3. The number of halogens is 3. The van der Waals surface area contributed by atoms with E-state index in [-0.39, 0.29) is 17.9 Å². The summed E-state index contributed by atoms with van der Waals surface area (Å²) in [5, 5.41) is 3.04. The van der Waals surface area contributed by atoms with Gasteiger partial charge >= 0.3 is 6.18 Å². The van der Waals surface area contributed by atoms with Gasteiger partial charge < -0.3 is 10.2 Å². The van der Waals surface area contributed by atoms with E-state index in [1.54, 1.807) is 31.3 Å². The Hall–Kier alpha value is -2.74. The molecule has 0 spiro atoms. The number of thioether (sulfide) groups is 1. The van der Waals surface area contributed by atoms with Crippen LogP contribution in [0.15, 0.2) is 52.3 Å². The number of likely N-dealkylation sites (N-methyl/N-ethyl adjacent to an activating group) is 1. The van der Waals surface area contributed by atoms with E-state index < -0.39 is 11.7 Å². The van der Waals surface area contributed by atoms with Gasteiger partial charge in [-0.15, -0.1) is 0 Å². The van der Waals surface area contributed by atoms with Crippen LogP contribution in [0.2, 0.25) is 0 Å². The molecule has 0 bridgehead atoms. The van der Waals surface area contributed by atoms with E-state index in [1.807, 2.05) is 0 Å². The predicted molar refractivity (Wildman–Crippen MR) is 115 cm³/mol. The van der Waals surface area contributed by atoms with Crippen LogP contribution in [0.25, 0.3) is 6.08 Å². The molecular weight excluding hydrogens is 425 g/mol. The van der Waals surface area contributed by atoms with Crippen molar-refractivity contribution in [3.63, 3.8) is 0 Å². The van der Waals surface area contributed by atoms with Gasteiger partial charge in [-0.1, -0.05) is 36.7 Å². The number of carbonyl (C=O) groups is 2. The molecule has 4 rings (SSSR count). The maximum Gasteiger partial charge on any atom is 0.416 e. The Bertz CT molecular complexity index is 1040. The highest BCUT2D eigenvalue weighted by molar-refractivity contribution is 8.04. The minimum Gasteiger partial charge on any atom is -0.349 e. The molecule has 1 aliphatic carbocycles. The first-order valence-corrected chi connectivity index (χ1v) is 10.8. The smallest absolute Gasteiger partial charge is 0.349 e. The second kappa shape index (κ2) is 8.42. The molecule has 2 aromatic rings. The van der Waals surface area contributed by atoms with Gasteiger partial charge in [-0.25, -0.2) is 0 Å². The lowest BCUT2D eigenvalue weighted by Crippen LogP contribution is -2.33. The van der Waals surface area contributed by atoms with Crippen molar-refractivity contribution in [2.75, 3.05) is 11.9 Å². The van der Waals surface area contributed by atoms with Crippen molar-refractivity contribution in [2.24, 2.45) is 0 Å². The number of benzene rings is 2. The molecule has 31 heavy (non-hydrogen) atoms.